The number of nitrogens with zero attached hydrogens (tertiary/aromatic N) is 1. The number of benzene rings is 2. The third-order valence-corrected chi connectivity index (χ3v) is 6.48. The molecule has 2 heterocycles. The summed E-state index contributed by atoms with van der Waals surface area (Å²) < 4.78 is 19.0. The third kappa shape index (κ3) is 4.82. The van der Waals surface area contributed by atoms with Crippen LogP contribution >= 0.6 is 0 Å². The number of carbonyl (C=O) groups is 1. The number of quaternary nitrogens is 2. The minimum absolute atomic E-state index is 0.0812. The van der Waals surface area contributed by atoms with Crippen molar-refractivity contribution in [1.29, 1.82) is 0 Å². The van der Waals surface area contributed by atoms with E-state index in [4.69, 9.17) is 4.74 Å². The summed E-state index contributed by atoms with van der Waals surface area (Å²) in [7, 11) is 1.81. The van der Waals surface area contributed by atoms with Crippen molar-refractivity contribution in [3.05, 3.63) is 65.0 Å². The van der Waals surface area contributed by atoms with Gasteiger partial charge < -0.3 is 19.4 Å². The molecule has 0 aromatic heterocycles. The van der Waals surface area contributed by atoms with E-state index in [1.807, 2.05) is 20.0 Å². The minimum atomic E-state index is -0.262. The SMILES string of the molecule is C[C@H](C(=O)N(C)Cc1cccc(F)c1)[NH+]1CC[NH+](Cc2ccc3c(c2)CCO3)CC1. The molecule has 2 aromatic rings. The van der Waals surface area contributed by atoms with Gasteiger partial charge in [0.2, 0.25) is 0 Å². The van der Waals surface area contributed by atoms with E-state index in [9.17, 15) is 9.18 Å². The predicted molar refractivity (Wildman–Crippen MR) is 113 cm³/mol. The van der Waals surface area contributed by atoms with Gasteiger partial charge in [-0.3, -0.25) is 4.79 Å². The van der Waals surface area contributed by atoms with Gasteiger partial charge in [0.1, 0.15) is 44.3 Å². The van der Waals surface area contributed by atoms with E-state index in [-0.39, 0.29) is 17.8 Å². The molecule has 1 atom stereocenters. The van der Waals surface area contributed by atoms with Crippen molar-refractivity contribution in [2.24, 2.45) is 0 Å². The van der Waals surface area contributed by atoms with Gasteiger partial charge in [0.05, 0.1) is 6.61 Å². The fourth-order valence-corrected chi connectivity index (χ4v) is 4.67. The summed E-state index contributed by atoms with van der Waals surface area (Å²) in [6.45, 7) is 8.39. The van der Waals surface area contributed by atoms with E-state index in [0.717, 1.165) is 57.1 Å². The maximum Gasteiger partial charge on any atom is 0.280 e. The smallest absolute Gasteiger partial charge is 0.280 e. The quantitative estimate of drug-likeness (QED) is 0.705. The number of halogens is 1. The average molecular weight is 414 g/mol. The Morgan fingerprint density at radius 3 is 2.70 bits per heavy atom. The van der Waals surface area contributed by atoms with Crippen LogP contribution in [0.15, 0.2) is 42.5 Å². The second-order valence-corrected chi connectivity index (χ2v) is 8.67. The fourth-order valence-electron chi connectivity index (χ4n) is 4.67. The molecule has 2 aliphatic rings. The Morgan fingerprint density at radius 2 is 1.93 bits per heavy atom. The van der Waals surface area contributed by atoms with Crippen LogP contribution in [0.3, 0.4) is 0 Å². The van der Waals surface area contributed by atoms with Gasteiger partial charge in [0.15, 0.2) is 6.04 Å². The van der Waals surface area contributed by atoms with Gasteiger partial charge in [-0.05, 0) is 48.4 Å². The molecule has 2 aliphatic heterocycles. The van der Waals surface area contributed by atoms with Gasteiger partial charge in [0, 0.05) is 25.6 Å². The second kappa shape index (κ2) is 9.14. The largest absolute Gasteiger partial charge is 0.493 e. The highest BCUT2D eigenvalue weighted by molar-refractivity contribution is 5.79. The standard InChI is InChI=1S/C24H30FN3O2/c1-18(24(29)26(2)16-19-4-3-5-22(25)15-19)28-11-9-27(10-12-28)17-20-6-7-23-21(14-20)8-13-30-23/h3-7,14-15,18H,8-13,16-17H2,1-2H3/p+2/t18-/m1/s1. The molecular weight excluding hydrogens is 381 g/mol. The van der Waals surface area contributed by atoms with Gasteiger partial charge in [0.25, 0.3) is 5.91 Å². The number of likely N-dealkylation sites (N-methyl/N-ethyl adjacent to an activating group) is 1. The van der Waals surface area contributed by atoms with E-state index < -0.39 is 0 Å². The van der Waals surface area contributed by atoms with E-state index in [1.54, 1.807) is 15.9 Å². The Morgan fingerprint density at radius 1 is 1.13 bits per heavy atom. The number of carbonyl (C=O) groups excluding carboxylic acids is 1. The van der Waals surface area contributed by atoms with Crippen LogP contribution in [-0.2, 0) is 24.3 Å². The molecule has 1 amide bonds. The average Bonchev–Trinajstić information content (AvgIpc) is 3.21. The fraction of sp³-hybridized carbons (Fsp3) is 0.458. The zero-order chi connectivity index (χ0) is 21.1. The van der Waals surface area contributed by atoms with Gasteiger partial charge >= 0.3 is 0 Å². The summed E-state index contributed by atoms with van der Waals surface area (Å²) >= 11 is 0. The zero-order valence-corrected chi connectivity index (χ0v) is 17.9. The molecule has 5 nitrogen and oxygen atoms in total. The Hall–Kier alpha value is -2.44. The minimum Gasteiger partial charge on any atom is -0.493 e. The molecule has 0 radical (unpaired) electrons. The highest BCUT2D eigenvalue weighted by Crippen LogP contribution is 2.25. The van der Waals surface area contributed by atoms with Gasteiger partial charge in [-0.2, -0.15) is 0 Å². The highest BCUT2D eigenvalue weighted by atomic mass is 19.1. The molecule has 2 aromatic carbocycles. The van der Waals surface area contributed by atoms with Gasteiger partial charge in [-0.15, -0.1) is 0 Å². The van der Waals surface area contributed by atoms with Crippen molar-refractivity contribution in [3.63, 3.8) is 0 Å². The number of amides is 1. The molecule has 2 N–H and O–H groups in total. The second-order valence-electron chi connectivity index (χ2n) is 8.67. The van der Waals surface area contributed by atoms with Crippen molar-refractivity contribution in [2.45, 2.75) is 32.5 Å². The number of rotatable bonds is 6. The van der Waals surface area contributed by atoms with Crippen LogP contribution in [-0.4, -0.2) is 56.7 Å². The van der Waals surface area contributed by atoms with Crippen LogP contribution in [0.4, 0.5) is 4.39 Å². The summed E-state index contributed by atoms with van der Waals surface area (Å²) in [5, 5.41) is 0. The van der Waals surface area contributed by atoms with E-state index in [2.05, 4.69) is 18.2 Å². The number of hydrogen-bond donors (Lipinski definition) is 2. The lowest BCUT2D eigenvalue weighted by Crippen LogP contribution is -3.29. The lowest BCUT2D eigenvalue weighted by molar-refractivity contribution is -1.02. The Labute approximate surface area is 178 Å². The lowest BCUT2D eigenvalue weighted by Gasteiger charge is -2.34. The predicted octanol–water partition coefficient (Wildman–Crippen LogP) is 0.0911. The summed E-state index contributed by atoms with van der Waals surface area (Å²) in [6, 6.07) is 13.0. The topological polar surface area (TPSA) is 38.4 Å². The summed E-state index contributed by atoms with van der Waals surface area (Å²) in [5.74, 6) is 0.899. The Bertz CT molecular complexity index is 896. The van der Waals surface area contributed by atoms with Crippen LogP contribution in [0.25, 0.3) is 0 Å². The number of ether oxygens (including phenoxy) is 1. The first-order valence-electron chi connectivity index (χ1n) is 10.9. The van der Waals surface area contributed by atoms with Crippen LogP contribution in [0.5, 0.6) is 5.75 Å². The maximum absolute atomic E-state index is 13.4. The van der Waals surface area contributed by atoms with Crippen molar-refractivity contribution in [1.82, 2.24) is 4.90 Å². The first kappa shape index (κ1) is 20.8. The molecule has 160 valence electrons. The van der Waals surface area contributed by atoms with Crippen LogP contribution < -0.4 is 14.5 Å². The molecular formula is C24H32FN3O2+2. The first-order valence-corrected chi connectivity index (χ1v) is 10.9. The van der Waals surface area contributed by atoms with Crippen molar-refractivity contribution in [3.8, 4) is 5.75 Å². The zero-order valence-electron chi connectivity index (χ0n) is 17.9. The molecule has 4 rings (SSSR count). The summed E-state index contributed by atoms with van der Waals surface area (Å²) in [4.78, 5) is 17.5. The number of fused-ring (bicyclic) bond motifs is 1. The lowest BCUT2D eigenvalue weighted by atomic mass is 10.1. The molecule has 30 heavy (non-hydrogen) atoms. The normalized spacial score (nSPS) is 21.6. The maximum atomic E-state index is 13.4. The van der Waals surface area contributed by atoms with Gasteiger partial charge in [-0.1, -0.05) is 12.1 Å². The van der Waals surface area contributed by atoms with Crippen molar-refractivity contribution < 1.29 is 23.7 Å². The molecule has 1 fully saturated rings. The van der Waals surface area contributed by atoms with E-state index in [0.29, 0.717) is 6.54 Å². The molecule has 0 saturated carbocycles. The van der Waals surface area contributed by atoms with Crippen LogP contribution in [0, 0.1) is 5.82 Å². The molecule has 0 bridgehead atoms. The molecule has 0 unspecified atom stereocenters. The molecule has 0 aliphatic carbocycles. The summed E-state index contributed by atoms with van der Waals surface area (Å²) in [6.07, 6.45) is 1.01. The summed E-state index contributed by atoms with van der Waals surface area (Å²) in [5.41, 5.74) is 3.52. The van der Waals surface area contributed by atoms with Crippen molar-refractivity contribution >= 4 is 5.91 Å². The first-order chi connectivity index (χ1) is 14.5. The Kier molecular flexibility index (Phi) is 6.35. The number of hydrogen-bond acceptors (Lipinski definition) is 2. The Balaban J connectivity index is 1.27. The van der Waals surface area contributed by atoms with E-state index >= 15 is 0 Å². The van der Waals surface area contributed by atoms with Crippen molar-refractivity contribution in [2.75, 3.05) is 39.8 Å². The number of piperazine rings is 1. The molecule has 1 saturated heterocycles. The van der Waals surface area contributed by atoms with Gasteiger partial charge in [-0.25, -0.2) is 4.39 Å². The third-order valence-electron chi connectivity index (χ3n) is 6.48. The van der Waals surface area contributed by atoms with Crippen LogP contribution in [0.1, 0.15) is 23.6 Å². The van der Waals surface area contributed by atoms with Crippen LogP contribution in [0.2, 0.25) is 0 Å². The highest BCUT2D eigenvalue weighted by Gasteiger charge is 2.32. The van der Waals surface area contributed by atoms with E-state index in [1.165, 1.54) is 28.2 Å². The molecule has 0 spiro atoms. The monoisotopic (exact) mass is 413 g/mol. The number of nitrogens with one attached hydrogen (secondary N) is 2. The molecule has 6 heteroatoms.